The maximum atomic E-state index is 12.8. The topological polar surface area (TPSA) is 85.8 Å². The Morgan fingerprint density at radius 3 is 2.56 bits per heavy atom. The van der Waals surface area contributed by atoms with Crippen molar-refractivity contribution in [3.8, 4) is 5.75 Å². The SMILES string of the molecule is CCOC(=O)c1csc(N(C)S(=O)(=O)c2ccc(OC3CCCC3)cc2)n1. The van der Waals surface area contributed by atoms with E-state index in [1.807, 2.05) is 0 Å². The lowest BCUT2D eigenvalue weighted by atomic mass is 10.3. The molecule has 1 aliphatic carbocycles. The van der Waals surface area contributed by atoms with Gasteiger partial charge in [0.2, 0.25) is 0 Å². The summed E-state index contributed by atoms with van der Waals surface area (Å²) in [6.07, 6.45) is 4.63. The first-order valence-corrected chi connectivity index (χ1v) is 11.1. The molecule has 0 amide bonds. The molecule has 1 saturated carbocycles. The predicted molar refractivity (Wildman–Crippen MR) is 103 cm³/mol. The van der Waals surface area contributed by atoms with Gasteiger partial charge in [-0.1, -0.05) is 0 Å². The minimum Gasteiger partial charge on any atom is -0.490 e. The van der Waals surface area contributed by atoms with Crippen LogP contribution in [0, 0.1) is 0 Å². The molecule has 1 aromatic heterocycles. The van der Waals surface area contributed by atoms with E-state index >= 15 is 0 Å². The van der Waals surface area contributed by atoms with Gasteiger partial charge in [0.25, 0.3) is 10.0 Å². The number of carbonyl (C=O) groups excluding carboxylic acids is 1. The largest absolute Gasteiger partial charge is 0.490 e. The van der Waals surface area contributed by atoms with Crippen LogP contribution in [0.2, 0.25) is 0 Å². The Labute approximate surface area is 163 Å². The molecular formula is C18H22N2O5S2. The Hall–Kier alpha value is -2.13. The van der Waals surface area contributed by atoms with E-state index in [4.69, 9.17) is 9.47 Å². The summed E-state index contributed by atoms with van der Waals surface area (Å²) in [4.78, 5) is 15.9. The number of aromatic nitrogens is 1. The highest BCUT2D eigenvalue weighted by atomic mass is 32.2. The minimum atomic E-state index is -3.79. The standard InChI is InChI=1S/C18H22N2O5S2/c1-3-24-17(21)16-12-26-18(19-16)20(2)27(22,23)15-10-8-14(9-11-15)25-13-6-4-5-7-13/h8-13H,3-7H2,1-2H3. The Balaban J connectivity index is 1.73. The molecular weight excluding hydrogens is 388 g/mol. The summed E-state index contributed by atoms with van der Waals surface area (Å²) in [5.41, 5.74) is 0.0965. The van der Waals surface area contributed by atoms with Gasteiger partial charge in [-0.15, -0.1) is 11.3 Å². The van der Waals surface area contributed by atoms with Gasteiger partial charge in [0.15, 0.2) is 10.8 Å². The lowest BCUT2D eigenvalue weighted by Gasteiger charge is -2.17. The van der Waals surface area contributed by atoms with E-state index in [1.54, 1.807) is 19.1 Å². The third-order valence-electron chi connectivity index (χ3n) is 4.33. The van der Waals surface area contributed by atoms with Gasteiger partial charge in [-0.2, -0.15) is 0 Å². The fourth-order valence-electron chi connectivity index (χ4n) is 2.86. The lowest BCUT2D eigenvalue weighted by Crippen LogP contribution is -2.26. The molecule has 0 bridgehead atoms. The predicted octanol–water partition coefficient (Wildman–Crippen LogP) is 3.47. The first kappa shape index (κ1) is 19.6. The molecule has 1 heterocycles. The second-order valence-electron chi connectivity index (χ2n) is 6.20. The third kappa shape index (κ3) is 4.41. The number of rotatable bonds is 7. The summed E-state index contributed by atoms with van der Waals surface area (Å²) in [5.74, 6) is 0.0987. The van der Waals surface area contributed by atoms with Crippen LogP contribution in [-0.2, 0) is 14.8 Å². The van der Waals surface area contributed by atoms with Gasteiger partial charge in [0.1, 0.15) is 5.75 Å². The normalized spacial score (nSPS) is 14.9. The fraction of sp³-hybridized carbons (Fsp3) is 0.444. The second-order valence-corrected chi connectivity index (χ2v) is 9.01. The molecule has 146 valence electrons. The van der Waals surface area contributed by atoms with Crippen LogP contribution in [-0.4, -0.2) is 39.1 Å². The van der Waals surface area contributed by atoms with E-state index in [-0.39, 0.29) is 28.4 Å². The molecule has 1 aromatic carbocycles. The van der Waals surface area contributed by atoms with Crippen LogP contribution in [0.25, 0.3) is 0 Å². The molecule has 0 spiro atoms. The van der Waals surface area contributed by atoms with Crippen LogP contribution in [0.4, 0.5) is 5.13 Å². The first-order chi connectivity index (χ1) is 12.9. The van der Waals surface area contributed by atoms with E-state index in [0.717, 1.165) is 28.5 Å². The summed E-state index contributed by atoms with van der Waals surface area (Å²) in [7, 11) is -2.38. The molecule has 0 atom stereocenters. The average molecular weight is 411 g/mol. The van der Waals surface area contributed by atoms with Crippen LogP contribution < -0.4 is 9.04 Å². The molecule has 0 saturated heterocycles. The highest BCUT2D eigenvalue weighted by Gasteiger charge is 2.25. The number of anilines is 1. The quantitative estimate of drug-likeness (QED) is 0.650. The van der Waals surface area contributed by atoms with Crippen molar-refractivity contribution in [2.75, 3.05) is 18.0 Å². The van der Waals surface area contributed by atoms with E-state index in [0.29, 0.717) is 5.75 Å². The summed E-state index contributed by atoms with van der Waals surface area (Å²) in [6, 6.07) is 6.39. The Kier molecular flexibility index (Phi) is 6.01. The minimum absolute atomic E-state index is 0.0965. The van der Waals surface area contributed by atoms with Gasteiger partial charge in [-0.3, -0.25) is 0 Å². The van der Waals surface area contributed by atoms with Crippen molar-refractivity contribution in [3.05, 3.63) is 35.3 Å². The van der Waals surface area contributed by atoms with Gasteiger partial charge >= 0.3 is 5.97 Å². The first-order valence-electron chi connectivity index (χ1n) is 8.80. The molecule has 9 heteroatoms. The lowest BCUT2D eigenvalue weighted by molar-refractivity contribution is 0.0520. The number of hydrogen-bond donors (Lipinski definition) is 0. The van der Waals surface area contributed by atoms with E-state index < -0.39 is 16.0 Å². The Bertz CT molecular complexity index is 887. The van der Waals surface area contributed by atoms with Gasteiger partial charge < -0.3 is 9.47 Å². The second kappa shape index (κ2) is 8.26. The van der Waals surface area contributed by atoms with Gasteiger partial charge in [0, 0.05) is 12.4 Å². The number of sulfonamides is 1. The maximum Gasteiger partial charge on any atom is 0.357 e. The molecule has 0 radical (unpaired) electrons. The number of carbonyl (C=O) groups is 1. The molecule has 7 nitrogen and oxygen atoms in total. The molecule has 27 heavy (non-hydrogen) atoms. The Morgan fingerprint density at radius 2 is 1.93 bits per heavy atom. The third-order valence-corrected chi connectivity index (χ3v) is 7.13. The maximum absolute atomic E-state index is 12.8. The van der Waals surface area contributed by atoms with E-state index in [2.05, 4.69) is 4.98 Å². The number of hydrogen-bond acceptors (Lipinski definition) is 7. The number of ether oxygens (including phenoxy) is 2. The number of thiazole rings is 1. The monoisotopic (exact) mass is 410 g/mol. The molecule has 1 fully saturated rings. The van der Waals surface area contributed by atoms with Crippen LogP contribution in [0.3, 0.4) is 0 Å². The van der Waals surface area contributed by atoms with Crippen LogP contribution >= 0.6 is 11.3 Å². The molecule has 3 rings (SSSR count). The molecule has 0 unspecified atom stereocenters. The van der Waals surface area contributed by atoms with Gasteiger partial charge in [0.05, 0.1) is 17.6 Å². The molecule has 1 aliphatic rings. The van der Waals surface area contributed by atoms with Crippen molar-refractivity contribution < 1.29 is 22.7 Å². The van der Waals surface area contributed by atoms with E-state index in [9.17, 15) is 13.2 Å². The smallest absolute Gasteiger partial charge is 0.357 e. The van der Waals surface area contributed by atoms with Crippen molar-refractivity contribution >= 4 is 32.5 Å². The summed E-state index contributed by atoms with van der Waals surface area (Å²) >= 11 is 1.07. The zero-order chi connectivity index (χ0) is 19.4. The van der Waals surface area contributed by atoms with Crippen molar-refractivity contribution in [2.45, 2.75) is 43.6 Å². The van der Waals surface area contributed by atoms with Crippen LogP contribution in [0.1, 0.15) is 43.1 Å². The zero-order valence-electron chi connectivity index (χ0n) is 15.3. The summed E-state index contributed by atoms with van der Waals surface area (Å²) in [6.45, 7) is 1.93. The number of benzene rings is 1. The van der Waals surface area contributed by atoms with Crippen molar-refractivity contribution in [3.63, 3.8) is 0 Å². The molecule has 0 N–H and O–H groups in total. The number of nitrogens with zero attached hydrogens (tertiary/aromatic N) is 2. The number of esters is 1. The van der Waals surface area contributed by atoms with Gasteiger partial charge in [-0.05, 0) is 56.9 Å². The fourth-order valence-corrected chi connectivity index (χ4v) is 4.99. The Morgan fingerprint density at radius 1 is 1.26 bits per heavy atom. The molecule has 2 aromatic rings. The van der Waals surface area contributed by atoms with Crippen LogP contribution in [0.15, 0.2) is 34.5 Å². The summed E-state index contributed by atoms with van der Waals surface area (Å²) < 4.78 is 37.5. The highest BCUT2D eigenvalue weighted by Crippen LogP contribution is 2.28. The van der Waals surface area contributed by atoms with Crippen LogP contribution in [0.5, 0.6) is 5.75 Å². The van der Waals surface area contributed by atoms with Crippen molar-refractivity contribution in [1.82, 2.24) is 4.98 Å². The highest BCUT2D eigenvalue weighted by molar-refractivity contribution is 7.93. The zero-order valence-corrected chi connectivity index (χ0v) is 16.9. The van der Waals surface area contributed by atoms with Crippen molar-refractivity contribution in [2.24, 2.45) is 0 Å². The van der Waals surface area contributed by atoms with Gasteiger partial charge in [-0.25, -0.2) is 22.5 Å². The summed E-state index contributed by atoms with van der Waals surface area (Å²) in [5, 5.41) is 1.68. The molecule has 0 aliphatic heterocycles. The van der Waals surface area contributed by atoms with E-state index in [1.165, 1.54) is 37.4 Å². The van der Waals surface area contributed by atoms with Crippen molar-refractivity contribution in [1.29, 1.82) is 0 Å². The average Bonchev–Trinajstić information content (AvgIpc) is 3.33.